The zero-order valence-corrected chi connectivity index (χ0v) is 14.7. The van der Waals surface area contributed by atoms with E-state index in [4.69, 9.17) is 4.74 Å². The SMILES string of the molecule is CNCc1cc(S(=O)(=O)Nc2ccc(OC)c(Br)c2)cs1. The van der Waals surface area contributed by atoms with Crippen molar-refractivity contribution in [2.75, 3.05) is 18.9 Å². The maximum absolute atomic E-state index is 12.3. The van der Waals surface area contributed by atoms with Crippen molar-refractivity contribution in [2.45, 2.75) is 11.4 Å². The molecule has 0 amide bonds. The molecule has 0 radical (unpaired) electrons. The van der Waals surface area contributed by atoms with Gasteiger partial charge in [-0.05, 0) is 47.2 Å². The van der Waals surface area contributed by atoms with Crippen molar-refractivity contribution in [1.29, 1.82) is 0 Å². The molecule has 1 heterocycles. The van der Waals surface area contributed by atoms with E-state index in [1.165, 1.54) is 11.3 Å². The molecule has 0 saturated carbocycles. The molecule has 21 heavy (non-hydrogen) atoms. The van der Waals surface area contributed by atoms with Gasteiger partial charge in [-0.25, -0.2) is 8.42 Å². The maximum atomic E-state index is 12.3. The van der Waals surface area contributed by atoms with E-state index in [1.807, 2.05) is 7.05 Å². The van der Waals surface area contributed by atoms with Crippen LogP contribution in [0.15, 0.2) is 39.0 Å². The third-order valence-corrected chi connectivity index (χ3v) is 5.76. The van der Waals surface area contributed by atoms with E-state index >= 15 is 0 Å². The highest BCUT2D eigenvalue weighted by Gasteiger charge is 2.17. The van der Waals surface area contributed by atoms with Gasteiger partial charge in [0.15, 0.2) is 0 Å². The lowest BCUT2D eigenvalue weighted by Gasteiger charge is -2.09. The Balaban J connectivity index is 2.22. The highest BCUT2D eigenvalue weighted by Crippen LogP contribution is 2.29. The fourth-order valence-corrected chi connectivity index (χ4v) is 4.59. The summed E-state index contributed by atoms with van der Waals surface area (Å²) in [5.74, 6) is 0.643. The summed E-state index contributed by atoms with van der Waals surface area (Å²) in [7, 11) is -0.202. The van der Waals surface area contributed by atoms with Crippen LogP contribution >= 0.6 is 27.3 Å². The van der Waals surface area contributed by atoms with E-state index in [9.17, 15) is 8.42 Å². The minimum atomic E-state index is -3.58. The number of hydrogen-bond acceptors (Lipinski definition) is 5. The van der Waals surface area contributed by atoms with E-state index in [-0.39, 0.29) is 4.90 Å². The van der Waals surface area contributed by atoms with Gasteiger partial charge in [0.1, 0.15) is 5.75 Å². The molecule has 1 aromatic carbocycles. The van der Waals surface area contributed by atoms with Gasteiger partial charge in [0, 0.05) is 16.8 Å². The molecule has 1 aromatic heterocycles. The van der Waals surface area contributed by atoms with E-state index in [2.05, 4.69) is 26.0 Å². The second kappa shape index (κ2) is 6.78. The topological polar surface area (TPSA) is 67.4 Å². The first kappa shape index (κ1) is 16.3. The van der Waals surface area contributed by atoms with Gasteiger partial charge in [-0.1, -0.05) is 0 Å². The molecular weight excluding hydrogens is 376 g/mol. The smallest absolute Gasteiger partial charge is 0.262 e. The van der Waals surface area contributed by atoms with E-state index in [1.54, 1.807) is 36.8 Å². The molecule has 114 valence electrons. The monoisotopic (exact) mass is 390 g/mol. The fraction of sp³-hybridized carbons (Fsp3) is 0.231. The van der Waals surface area contributed by atoms with Crippen molar-refractivity contribution >= 4 is 43.0 Å². The van der Waals surface area contributed by atoms with Crippen molar-refractivity contribution in [1.82, 2.24) is 5.32 Å². The van der Waals surface area contributed by atoms with Crippen molar-refractivity contribution in [3.63, 3.8) is 0 Å². The molecule has 2 aromatic rings. The number of benzene rings is 1. The van der Waals surface area contributed by atoms with Crippen LogP contribution in [0.3, 0.4) is 0 Å². The minimum absolute atomic E-state index is 0.268. The lowest BCUT2D eigenvalue weighted by Crippen LogP contribution is -2.12. The Kier molecular flexibility index (Phi) is 5.26. The normalized spacial score (nSPS) is 11.4. The fourth-order valence-electron chi connectivity index (χ4n) is 1.71. The summed E-state index contributed by atoms with van der Waals surface area (Å²) < 4.78 is 33.0. The van der Waals surface area contributed by atoms with Crippen LogP contribution in [-0.2, 0) is 16.6 Å². The zero-order chi connectivity index (χ0) is 15.5. The van der Waals surface area contributed by atoms with Crippen LogP contribution in [0.5, 0.6) is 5.75 Å². The second-order valence-electron chi connectivity index (χ2n) is 4.23. The molecule has 0 aliphatic rings. The quantitative estimate of drug-likeness (QED) is 0.795. The second-order valence-corrected chi connectivity index (χ2v) is 7.77. The highest BCUT2D eigenvalue weighted by molar-refractivity contribution is 9.10. The van der Waals surface area contributed by atoms with Crippen molar-refractivity contribution in [2.24, 2.45) is 0 Å². The van der Waals surface area contributed by atoms with Gasteiger partial charge in [-0.2, -0.15) is 0 Å². The molecule has 0 saturated heterocycles. The van der Waals surface area contributed by atoms with Crippen LogP contribution in [0.4, 0.5) is 5.69 Å². The number of anilines is 1. The number of sulfonamides is 1. The molecule has 0 aliphatic carbocycles. The third-order valence-electron chi connectivity index (χ3n) is 2.70. The van der Waals surface area contributed by atoms with Gasteiger partial charge in [0.2, 0.25) is 0 Å². The first-order valence-corrected chi connectivity index (χ1v) is 9.20. The summed E-state index contributed by atoms with van der Waals surface area (Å²) in [5.41, 5.74) is 0.476. The van der Waals surface area contributed by atoms with Crippen molar-refractivity contribution < 1.29 is 13.2 Å². The van der Waals surface area contributed by atoms with Crippen LogP contribution < -0.4 is 14.8 Å². The highest BCUT2D eigenvalue weighted by atomic mass is 79.9. The molecular formula is C13H15BrN2O3S2. The summed E-state index contributed by atoms with van der Waals surface area (Å²) in [4.78, 5) is 1.23. The molecule has 0 bridgehead atoms. The lowest BCUT2D eigenvalue weighted by atomic mass is 10.3. The van der Waals surface area contributed by atoms with Gasteiger partial charge >= 0.3 is 0 Å². The summed E-state index contributed by atoms with van der Waals surface area (Å²) in [5, 5.41) is 4.63. The van der Waals surface area contributed by atoms with E-state index in [0.717, 1.165) is 4.88 Å². The number of methoxy groups -OCH3 is 1. The Hall–Kier alpha value is -1.09. The molecule has 5 nitrogen and oxygen atoms in total. The van der Waals surface area contributed by atoms with Gasteiger partial charge in [0.05, 0.1) is 22.2 Å². The van der Waals surface area contributed by atoms with Crippen LogP contribution in [0, 0.1) is 0 Å². The molecule has 0 fully saturated rings. The molecule has 8 heteroatoms. The molecule has 0 atom stereocenters. The summed E-state index contributed by atoms with van der Waals surface area (Å²) in [6.07, 6.45) is 0. The Labute approximate surface area is 136 Å². The average molecular weight is 391 g/mol. The van der Waals surface area contributed by atoms with Crippen LogP contribution in [0.1, 0.15) is 4.88 Å². The van der Waals surface area contributed by atoms with Gasteiger partial charge in [0.25, 0.3) is 10.0 Å². The Morgan fingerprint density at radius 1 is 1.33 bits per heavy atom. The van der Waals surface area contributed by atoms with Crippen LogP contribution in [-0.4, -0.2) is 22.6 Å². The number of thiophene rings is 1. The number of nitrogens with one attached hydrogen (secondary N) is 2. The first-order chi connectivity index (χ1) is 9.96. The molecule has 2 N–H and O–H groups in total. The minimum Gasteiger partial charge on any atom is -0.496 e. The predicted octanol–water partition coefficient (Wildman–Crippen LogP) is 3.04. The third kappa shape index (κ3) is 3.97. The molecule has 0 spiro atoms. The summed E-state index contributed by atoms with van der Waals surface area (Å²) in [6, 6.07) is 6.68. The molecule has 0 aliphatic heterocycles. The maximum Gasteiger partial charge on any atom is 0.262 e. The summed E-state index contributed by atoms with van der Waals surface area (Å²) >= 11 is 4.74. The van der Waals surface area contributed by atoms with Crippen molar-refractivity contribution in [3.05, 3.63) is 39.0 Å². The zero-order valence-electron chi connectivity index (χ0n) is 11.5. The van der Waals surface area contributed by atoms with Crippen LogP contribution in [0.25, 0.3) is 0 Å². The molecule has 0 unspecified atom stereocenters. The Bertz CT molecular complexity index is 729. The predicted molar refractivity (Wildman–Crippen MR) is 88.6 cm³/mol. The number of ether oxygens (including phenoxy) is 1. The average Bonchev–Trinajstić information content (AvgIpc) is 2.88. The Morgan fingerprint density at radius 3 is 2.71 bits per heavy atom. The van der Waals surface area contributed by atoms with Crippen molar-refractivity contribution in [3.8, 4) is 5.75 Å². The van der Waals surface area contributed by atoms with Gasteiger partial charge in [-0.3, -0.25) is 4.72 Å². The number of rotatable bonds is 6. The number of halogens is 1. The molecule has 2 rings (SSSR count). The van der Waals surface area contributed by atoms with Crippen LogP contribution in [0.2, 0.25) is 0 Å². The number of hydrogen-bond donors (Lipinski definition) is 2. The lowest BCUT2D eigenvalue weighted by molar-refractivity contribution is 0.412. The van der Waals surface area contributed by atoms with Gasteiger partial charge in [-0.15, -0.1) is 11.3 Å². The first-order valence-electron chi connectivity index (χ1n) is 6.04. The van der Waals surface area contributed by atoms with Gasteiger partial charge < -0.3 is 10.1 Å². The van der Waals surface area contributed by atoms with E-state index < -0.39 is 10.0 Å². The largest absolute Gasteiger partial charge is 0.496 e. The Morgan fingerprint density at radius 2 is 2.10 bits per heavy atom. The standard InChI is InChI=1S/C13H15BrN2O3S2/c1-15-7-10-6-11(8-20-10)21(17,18)16-9-3-4-13(19-2)12(14)5-9/h3-6,8,15-16H,7H2,1-2H3. The van der Waals surface area contributed by atoms with E-state index in [0.29, 0.717) is 22.5 Å². The summed E-state index contributed by atoms with van der Waals surface area (Å²) in [6.45, 7) is 0.647.